The number of fused-ring (bicyclic) bond motifs is 2. The van der Waals surface area contributed by atoms with Crippen molar-refractivity contribution in [2.45, 2.75) is 37.9 Å². The van der Waals surface area contributed by atoms with Crippen LogP contribution in [-0.4, -0.2) is 52.8 Å². The number of aliphatic hydroxyl groups excluding tert-OH is 1. The summed E-state index contributed by atoms with van der Waals surface area (Å²) in [5.41, 5.74) is -1.84. The van der Waals surface area contributed by atoms with Crippen LogP contribution in [0, 0.1) is 5.92 Å². The third kappa shape index (κ3) is 3.57. The maximum atomic E-state index is 13.8. The first kappa shape index (κ1) is 22.7. The predicted molar refractivity (Wildman–Crippen MR) is 105 cm³/mol. The zero-order chi connectivity index (χ0) is 23.6. The third-order valence-electron chi connectivity index (χ3n) is 6.08. The molecule has 2 aromatic rings. The molecule has 2 aliphatic rings. The standard InChI is InChI=1S/C21H21F6N3O2/c1-10(9-31)28-19(32)11-6-13-12-4-3-5-15-17(12)14(7-16(13)29(2)8-11)18(20(22,23)24)30(15)21(25,26)27/h3-6,10-11,16,31H,7-9H2,1-2H3,(H,28,32). The minimum absolute atomic E-state index is 0.0853. The third-order valence-corrected chi connectivity index (χ3v) is 6.08. The Balaban J connectivity index is 1.93. The Morgan fingerprint density at radius 2 is 1.94 bits per heavy atom. The minimum atomic E-state index is -5.25. The van der Waals surface area contributed by atoms with Crippen LogP contribution in [0.1, 0.15) is 23.7 Å². The summed E-state index contributed by atoms with van der Waals surface area (Å²) in [5, 5.41) is 11.7. The van der Waals surface area contributed by atoms with Crippen LogP contribution in [0.4, 0.5) is 26.3 Å². The Labute approximate surface area is 179 Å². The zero-order valence-corrected chi connectivity index (χ0v) is 17.2. The van der Waals surface area contributed by atoms with Gasteiger partial charge >= 0.3 is 12.5 Å². The monoisotopic (exact) mass is 461 g/mol. The summed E-state index contributed by atoms with van der Waals surface area (Å²) in [5.74, 6) is -1.03. The first-order valence-corrected chi connectivity index (χ1v) is 9.98. The Morgan fingerprint density at radius 3 is 2.53 bits per heavy atom. The molecule has 4 rings (SSSR count). The van der Waals surface area contributed by atoms with Gasteiger partial charge in [0.25, 0.3) is 0 Å². The predicted octanol–water partition coefficient (Wildman–Crippen LogP) is 3.50. The van der Waals surface area contributed by atoms with Gasteiger partial charge in [-0.1, -0.05) is 18.2 Å². The molecule has 0 spiro atoms. The first-order valence-electron chi connectivity index (χ1n) is 9.98. The van der Waals surface area contributed by atoms with Crippen molar-refractivity contribution >= 4 is 22.4 Å². The molecule has 2 N–H and O–H groups in total. The molecule has 1 amide bonds. The molecule has 1 aromatic carbocycles. The summed E-state index contributed by atoms with van der Waals surface area (Å²) in [6.45, 7) is 1.54. The number of likely N-dealkylation sites (N-methyl/N-ethyl adjacent to an activating group) is 1. The Bertz CT molecular complexity index is 1100. The van der Waals surface area contributed by atoms with Crippen molar-refractivity contribution in [3.63, 3.8) is 0 Å². The summed E-state index contributed by atoms with van der Waals surface area (Å²) < 4.78 is 82.2. The van der Waals surface area contributed by atoms with E-state index in [1.165, 1.54) is 12.1 Å². The van der Waals surface area contributed by atoms with Crippen LogP contribution >= 0.6 is 0 Å². The molecule has 1 aliphatic heterocycles. The van der Waals surface area contributed by atoms with Crippen LogP contribution in [0.3, 0.4) is 0 Å². The topological polar surface area (TPSA) is 57.5 Å². The van der Waals surface area contributed by atoms with E-state index >= 15 is 0 Å². The van der Waals surface area contributed by atoms with Crippen molar-refractivity contribution in [1.82, 2.24) is 14.8 Å². The highest BCUT2D eigenvalue weighted by molar-refractivity contribution is 6.00. The lowest BCUT2D eigenvalue weighted by Crippen LogP contribution is -2.48. The van der Waals surface area contributed by atoms with E-state index in [9.17, 15) is 31.1 Å². The smallest absolute Gasteiger partial charge is 0.394 e. The summed E-state index contributed by atoms with van der Waals surface area (Å²) in [6, 6.07) is 2.74. The van der Waals surface area contributed by atoms with E-state index in [1.807, 2.05) is 0 Å². The number of hydrogen-bond donors (Lipinski definition) is 2. The molecule has 174 valence electrons. The number of aliphatic hydroxyl groups is 1. The molecule has 0 saturated carbocycles. The van der Waals surface area contributed by atoms with Crippen LogP contribution in [0.25, 0.3) is 16.5 Å². The number of aromatic nitrogens is 1. The number of carbonyl (C=O) groups excluding carboxylic acids is 1. The van der Waals surface area contributed by atoms with Crippen LogP contribution in [0.2, 0.25) is 0 Å². The van der Waals surface area contributed by atoms with Gasteiger partial charge in [0, 0.05) is 24.0 Å². The van der Waals surface area contributed by atoms with Gasteiger partial charge in [-0.2, -0.15) is 13.2 Å². The maximum Gasteiger partial charge on any atom is 0.489 e. The van der Waals surface area contributed by atoms with E-state index in [0.717, 1.165) is 6.07 Å². The van der Waals surface area contributed by atoms with Crippen LogP contribution in [0.5, 0.6) is 0 Å². The van der Waals surface area contributed by atoms with E-state index in [-0.39, 0.29) is 42.0 Å². The number of benzene rings is 1. The number of amides is 1. The second-order valence-corrected chi connectivity index (χ2v) is 8.31. The average molecular weight is 461 g/mol. The molecule has 3 atom stereocenters. The second kappa shape index (κ2) is 7.51. The Kier molecular flexibility index (Phi) is 5.32. The van der Waals surface area contributed by atoms with Crippen LogP contribution < -0.4 is 5.32 Å². The molecule has 0 bridgehead atoms. The van der Waals surface area contributed by atoms with Crippen molar-refractivity contribution in [2.24, 2.45) is 5.92 Å². The quantitative estimate of drug-likeness (QED) is 0.689. The fourth-order valence-corrected chi connectivity index (χ4v) is 4.76. The molecule has 5 nitrogen and oxygen atoms in total. The van der Waals surface area contributed by atoms with Gasteiger partial charge < -0.3 is 10.4 Å². The number of nitrogens with one attached hydrogen (secondary N) is 1. The van der Waals surface area contributed by atoms with E-state index in [2.05, 4.69) is 5.32 Å². The van der Waals surface area contributed by atoms with Gasteiger partial charge in [0.15, 0.2) is 0 Å². The minimum Gasteiger partial charge on any atom is -0.394 e. The molecule has 0 fully saturated rings. The van der Waals surface area contributed by atoms with Gasteiger partial charge in [-0.3, -0.25) is 9.69 Å². The Morgan fingerprint density at radius 1 is 1.25 bits per heavy atom. The van der Waals surface area contributed by atoms with E-state index in [1.54, 1.807) is 24.9 Å². The van der Waals surface area contributed by atoms with Crippen molar-refractivity contribution < 1.29 is 36.2 Å². The van der Waals surface area contributed by atoms with E-state index in [0.29, 0.717) is 5.57 Å². The SMILES string of the molecule is CC(CO)NC(=O)C1C=C2c3cccc4c3c(c(C(F)(F)F)n4C(F)(F)F)CC2N(C)C1. The number of carbonyl (C=O) groups is 1. The molecular formula is C21H21F6N3O2. The summed E-state index contributed by atoms with van der Waals surface area (Å²) in [6.07, 6.45) is -9.08. The van der Waals surface area contributed by atoms with Crippen molar-refractivity contribution in [3.8, 4) is 0 Å². The van der Waals surface area contributed by atoms with Crippen molar-refractivity contribution in [3.05, 3.63) is 41.1 Å². The Hall–Kier alpha value is -2.53. The number of rotatable bonds is 3. The average Bonchev–Trinajstić information content (AvgIpc) is 3.05. The highest BCUT2D eigenvalue weighted by Crippen LogP contribution is 2.49. The molecule has 11 heteroatoms. The highest BCUT2D eigenvalue weighted by atomic mass is 19.4. The molecule has 1 aromatic heterocycles. The normalized spacial score (nSPS) is 22.5. The first-order chi connectivity index (χ1) is 14.8. The van der Waals surface area contributed by atoms with Gasteiger partial charge in [0.1, 0.15) is 5.69 Å². The van der Waals surface area contributed by atoms with Crippen molar-refractivity contribution in [2.75, 3.05) is 20.2 Å². The molecular weight excluding hydrogens is 440 g/mol. The highest BCUT2D eigenvalue weighted by Gasteiger charge is 2.49. The van der Waals surface area contributed by atoms with E-state index in [4.69, 9.17) is 5.11 Å². The molecule has 2 heterocycles. The van der Waals surface area contributed by atoms with Gasteiger partial charge in [0.2, 0.25) is 5.91 Å². The maximum absolute atomic E-state index is 13.8. The molecule has 0 saturated heterocycles. The van der Waals surface area contributed by atoms with Gasteiger partial charge in [-0.15, -0.1) is 13.2 Å². The lowest BCUT2D eigenvalue weighted by molar-refractivity contribution is -0.218. The van der Waals surface area contributed by atoms with E-state index < -0.39 is 46.3 Å². The van der Waals surface area contributed by atoms with Gasteiger partial charge in [-0.05, 0) is 43.2 Å². The fourth-order valence-electron chi connectivity index (χ4n) is 4.76. The van der Waals surface area contributed by atoms with Gasteiger partial charge in [0.05, 0.1) is 18.0 Å². The summed E-state index contributed by atoms with van der Waals surface area (Å²) >= 11 is 0. The second-order valence-electron chi connectivity index (χ2n) is 8.31. The van der Waals surface area contributed by atoms with Crippen molar-refractivity contribution in [1.29, 1.82) is 0 Å². The lowest BCUT2D eigenvalue weighted by Gasteiger charge is -2.39. The summed E-state index contributed by atoms with van der Waals surface area (Å²) in [4.78, 5) is 14.3. The zero-order valence-electron chi connectivity index (χ0n) is 17.2. The largest absolute Gasteiger partial charge is 0.489 e. The molecule has 3 unspecified atom stereocenters. The number of hydrogen-bond acceptors (Lipinski definition) is 3. The fraction of sp³-hybridized carbons (Fsp3) is 0.476. The molecule has 32 heavy (non-hydrogen) atoms. The number of alkyl halides is 6. The van der Waals surface area contributed by atoms with Crippen LogP contribution in [-0.2, 0) is 23.7 Å². The summed E-state index contributed by atoms with van der Waals surface area (Å²) in [7, 11) is 1.63. The molecule has 1 aliphatic carbocycles. The van der Waals surface area contributed by atoms with Gasteiger partial charge in [-0.25, -0.2) is 4.57 Å². The number of halogens is 6. The molecule has 0 radical (unpaired) electrons. The lowest BCUT2D eigenvalue weighted by atomic mass is 9.79. The van der Waals surface area contributed by atoms with Crippen LogP contribution in [0.15, 0.2) is 24.3 Å². The number of nitrogens with zero attached hydrogens (tertiary/aromatic N) is 2.